The molecule has 3 nitrogen and oxygen atoms in total. The third kappa shape index (κ3) is 3.47. The van der Waals surface area contributed by atoms with Crippen molar-refractivity contribution in [2.24, 2.45) is 0 Å². The Morgan fingerprint density at radius 3 is 2.53 bits per heavy atom. The van der Waals surface area contributed by atoms with Gasteiger partial charge in [-0.15, -0.1) is 0 Å². The lowest BCUT2D eigenvalue weighted by molar-refractivity contribution is 0.584. The van der Waals surface area contributed by atoms with Crippen molar-refractivity contribution in [3.8, 4) is 0 Å². The molecule has 1 aromatic carbocycles. The van der Waals surface area contributed by atoms with Crippen LogP contribution in [-0.4, -0.2) is 14.2 Å². The molecule has 0 saturated carbocycles. The van der Waals surface area contributed by atoms with Crippen LogP contribution in [-0.2, 0) is 10.0 Å². The zero-order valence-electron chi connectivity index (χ0n) is 8.07. The van der Waals surface area contributed by atoms with E-state index >= 15 is 0 Å². The van der Waals surface area contributed by atoms with E-state index in [-0.39, 0.29) is 11.4 Å². The van der Waals surface area contributed by atoms with Crippen molar-refractivity contribution in [1.82, 2.24) is 0 Å². The van der Waals surface area contributed by atoms with Gasteiger partial charge in [-0.1, -0.05) is 18.7 Å². The fourth-order valence-electron chi connectivity index (χ4n) is 1.01. The molecule has 0 aliphatic carbocycles. The fraction of sp³-hybridized carbons (Fsp3) is 0.333. The van der Waals surface area contributed by atoms with Crippen molar-refractivity contribution in [1.29, 1.82) is 0 Å². The van der Waals surface area contributed by atoms with Gasteiger partial charge in [0.15, 0.2) is 0 Å². The summed E-state index contributed by atoms with van der Waals surface area (Å²) in [6, 6.07) is 2.56. The maximum atomic E-state index is 13.0. The predicted octanol–water partition coefficient (Wildman–Crippen LogP) is 2.71. The Hall–Kier alpha value is -1.17. The number of nitrogens with zero attached hydrogens (tertiary/aromatic N) is 1. The average molecular weight is 234 g/mol. The summed E-state index contributed by atoms with van der Waals surface area (Å²) < 4.78 is 51.2. The third-order valence-electron chi connectivity index (χ3n) is 1.61. The highest BCUT2D eigenvalue weighted by Gasteiger charge is 2.01. The maximum absolute atomic E-state index is 13.0. The van der Waals surface area contributed by atoms with Crippen molar-refractivity contribution in [2.75, 3.05) is 5.75 Å². The normalized spacial score (nSPS) is 11.4. The second-order valence-corrected chi connectivity index (χ2v) is 4.73. The molecular formula is C9H10F2NO2S-. The van der Waals surface area contributed by atoms with Crippen LogP contribution >= 0.6 is 0 Å². The van der Waals surface area contributed by atoms with E-state index in [1.165, 1.54) is 0 Å². The minimum Gasteiger partial charge on any atom is -0.574 e. The molecule has 0 bridgehead atoms. The highest BCUT2D eigenvalue weighted by molar-refractivity contribution is 7.94. The summed E-state index contributed by atoms with van der Waals surface area (Å²) in [7, 11) is -3.66. The minimum atomic E-state index is -3.66. The molecule has 1 aromatic rings. The largest absolute Gasteiger partial charge is 0.574 e. The molecule has 1 rings (SSSR count). The van der Waals surface area contributed by atoms with Crippen LogP contribution in [0, 0.1) is 11.6 Å². The SMILES string of the molecule is CCCS(=O)(=O)[N-]c1ccc(F)cc1F. The monoisotopic (exact) mass is 234 g/mol. The molecule has 0 heterocycles. The lowest BCUT2D eigenvalue weighted by Gasteiger charge is -2.21. The van der Waals surface area contributed by atoms with E-state index in [1.807, 2.05) is 0 Å². The van der Waals surface area contributed by atoms with Crippen LogP contribution < -0.4 is 0 Å². The summed E-state index contributed by atoms with van der Waals surface area (Å²) in [5.41, 5.74) is -0.357. The molecule has 0 aliphatic heterocycles. The first-order chi connectivity index (χ1) is 6.94. The summed E-state index contributed by atoms with van der Waals surface area (Å²) in [6.07, 6.45) is 0.397. The molecular weight excluding hydrogens is 224 g/mol. The third-order valence-corrected chi connectivity index (χ3v) is 3.01. The molecule has 6 heteroatoms. The van der Waals surface area contributed by atoms with Crippen LogP contribution in [0.25, 0.3) is 4.72 Å². The molecule has 0 fully saturated rings. The summed E-state index contributed by atoms with van der Waals surface area (Å²) in [5, 5.41) is 0. The van der Waals surface area contributed by atoms with Gasteiger partial charge in [-0.25, -0.2) is 17.2 Å². The van der Waals surface area contributed by atoms with Crippen molar-refractivity contribution >= 4 is 15.7 Å². The second kappa shape index (κ2) is 4.57. The van der Waals surface area contributed by atoms with Gasteiger partial charge in [-0.3, -0.25) is 0 Å². The Balaban J connectivity index is 2.90. The van der Waals surface area contributed by atoms with Gasteiger partial charge in [0, 0.05) is 11.8 Å². The summed E-state index contributed by atoms with van der Waals surface area (Å²) in [4.78, 5) is 0. The fourth-order valence-corrected chi connectivity index (χ4v) is 2.06. The lowest BCUT2D eigenvalue weighted by atomic mass is 10.3. The van der Waals surface area contributed by atoms with E-state index in [9.17, 15) is 17.2 Å². The molecule has 0 saturated heterocycles. The van der Waals surface area contributed by atoms with E-state index in [2.05, 4.69) is 4.72 Å². The van der Waals surface area contributed by atoms with Crippen molar-refractivity contribution < 1.29 is 17.2 Å². The maximum Gasteiger partial charge on any atom is 0.126 e. The Morgan fingerprint density at radius 2 is 2.00 bits per heavy atom. The molecule has 84 valence electrons. The average Bonchev–Trinajstić information content (AvgIpc) is 2.09. The zero-order chi connectivity index (χ0) is 11.5. The van der Waals surface area contributed by atoms with Crippen molar-refractivity contribution in [3.63, 3.8) is 0 Å². The Bertz CT molecular complexity index is 445. The first-order valence-corrected chi connectivity index (χ1v) is 5.96. The molecule has 0 aliphatic rings. The van der Waals surface area contributed by atoms with Crippen LogP contribution in [0.4, 0.5) is 14.5 Å². The van der Waals surface area contributed by atoms with Gasteiger partial charge in [0.2, 0.25) is 0 Å². The van der Waals surface area contributed by atoms with Crippen LogP contribution in [0.3, 0.4) is 0 Å². The van der Waals surface area contributed by atoms with E-state index < -0.39 is 21.7 Å². The van der Waals surface area contributed by atoms with Gasteiger partial charge in [-0.2, -0.15) is 0 Å². The van der Waals surface area contributed by atoms with Gasteiger partial charge in [-0.05, 0) is 12.5 Å². The first kappa shape index (κ1) is 11.9. The van der Waals surface area contributed by atoms with Gasteiger partial charge >= 0.3 is 0 Å². The first-order valence-electron chi connectivity index (χ1n) is 4.35. The number of sulfonamides is 1. The topological polar surface area (TPSA) is 48.2 Å². The highest BCUT2D eigenvalue weighted by atomic mass is 32.2. The number of halogens is 2. The lowest BCUT2D eigenvalue weighted by Crippen LogP contribution is -2.02. The van der Waals surface area contributed by atoms with Crippen molar-refractivity contribution in [3.05, 3.63) is 34.6 Å². The van der Waals surface area contributed by atoms with Gasteiger partial charge in [0.05, 0.1) is 10.0 Å². The molecule has 0 amide bonds. The minimum absolute atomic E-state index is 0.149. The molecule has 0 N–H and O–H groups in total. The second-order valence-electron chi connectivity index (χ2n) is 2.97. The van der Waals surface area contributed by atoms with E-state index in [0.717, 1.165) is 12.1 Å². The number of benzene rings is 1. The van der Waals surface area contributed by atoms with Crippen LogP contribution in [0.2, 0.25) is 0 Å². The molecule has 0 aromatic heterocycles. The smallest absolute Gasteiger partial charge is 0.126 e. The van der Waals surface area contributed by atoms with Gasteiger partial charge in [0.25, 0.3) is 0 Å². The van der Waals surface area contributed by atoms with Crippen LogP contribution in [0.1, 0.15) is 13.3 Å². The van der Waals surface area contributed by atoms with E-state index in [1.54, 1.807) is 6.92 Å². The highest BCUT2D eigenvalue weighted by Crippen LogP contribution is 2.26. The summed E-state index contributed by atoms with van der Waals surface area (Å²) in [5.74, 6) is -1.89. The summed E-state index contributed by atoms with van der Waals surface area (Å²) in [6.45, 7) is 1.67. The molecule has 15 heavy (non-hydrogen) atoms. The quantitative estimate of drug-likeness (QED) is 0.804. The number of hydrogen-bond donors (Lipinski definition) is 0. The molecule has 0 atom stereocenters. The molecule has 0 unspecified atom stereocenters. The van der Waals surface area contributed by atoms with Gasteiger partial charge in [0.1, 0.15) is 11.6 Å². The van der Waals surface area contributed by atoms with Gasteiger partial charge < -0.3 is 4.72 Å². The van der Waals surface area contributed by atoms with Crippen LogP contribution in [0.15, 0.2) is 18.2 Å². The molecule has 0 spiro atoms. The number of rotatable bonds is 4. The Kier molecular flexibility index (Phi) is 3.62. The van der Waals surface area contributed by atoms with Crippen LogP contribution in [0.5, 0.6) is 0 Å². The van der Waals surface area contributed by atoms with Crippen molar-refractivity contribution in [2.45, 2.75) is 13.3 Å². The number of hydrogen-bond acceptors (Lipinski definition) is 2. The van der Waals surface area contributed by atoms with E-state index in [4.69, 9.17) is 0 Å². The summed E-state index contributed by atoms with van der Waals surface area (Å²) >= 11 is 0. The Morgan fingerprint density at radius 1 is 1.33 bits per heavy atom. The zero-order valence-corrected chi connectivity index (χ0v) is 8.89. The van der Waals surface area contributed by atoms with E-state index in [0.29, 0.717) is 12.5 Å². The standard InChI is InChI=1S/C9H10F2NO2S/c1-2-5-15(13,14)12-9-4-3-7(10)6-8(9)11/h3-4,6H,2,5H2,1H3/q-1. The Labute approximate surface area is 87.2 Å². The molecule has 0 radical (unpaired) electrons. The predicted molar refractivity (Wildman–Crippen MR) is 53.5 cm³/mol.